The molecule has 31 heavy (non-hydrogen) atoms. The summed E-state index contributed by atoms with van der Waals surface area (Å²) >= 11 is 0. The Labute approximate surface area is 184 Å². The van der Waals surface area contributed by atoms with Gasteiger partial charge in [-0.05, 0) is 49.4 Å². The number of benzene rings is 2. The molecule has 0 spiro atoms. The lowest BCUT2D eigenvalue weighted by atomic mass is 9.96. The van der Waals surface area contributed by atoms with Crippen molar-refractivity contribution in [3.63, 3.8) is 0 Å². The Morgan fingerprint density at radius 2 is 1.77 bits per heavy atom. The third-order valence-electron chi connectivity index (χ3n) is 6.37. The smallest absolute Gasteiger partial charge is 0.324 e. The average Bonchev–Trinajstić information content (AvgIpc) is 2.82. The number of amides is 3. The first kappa shape index (κ1) is 21.2. The molecule has 4 rings (SSSR count). The Morgan fingerprint density at radius 1 is 1.06 bits per heavy atom. The standard InChI is InChI=1S/C25H31N3O3/c1-3-21-17-28(22-10-6-7-11-23(22)31-21)25(30)27-14-12-19(13-15-27)24(29)26-16-20-9-5-4-8-18(20)2/h4-11,19,21H,3,12-17H2,1-2H3,(H,26,29). The highest BCUT2D eigenvalue weighted by molar-refractivity contribution is 5.94. The second-order valence-corrected chi connectivity index (χ2v) is 8.41. The topological polar surface area (TPSA) is 61.9 Å². The van der Waals surface area contributed by atoms with Crippen LogP contribution in [0.2, 0.25) is 0 Å². The summed E-state index contributed by atoms with van der Waals surface area (Å²) in [5.41, 5.74) is 3.15. The summed E-state index contributed by atoms with van der Waals surface area (Å²) < 4.78 is 6.00. The second-order valence-electron chi connectivity index (χ2n) is 8.41. The minimum absolute atomic E-state index is 0.00334. The second kappa shape index (κ2) is 9.41. The van der Waals surface area contributed by atoms with Gasteiger partial charge in [0.2, 0.25) is 5.91 Å². The van der Waals surface area contributed by atoms with E-state index >= 15 is 0 Å². The molecule has 1 N–H and O–H groups in total. The van der Waals surface area contributed by atoms with Crippen molar-refractivity contribution in [3.05, 3.63) is 59.7 Å². The number of carbonyl (C=O) groups excluding carboxylic acids is 2. The fraction of sp³-hybridized carbons (Fsp3) is 0.440. The molecule has 1 atom stereocenters. The van der Waals surface area contributed by atoms with E-state index < -0.39 is 0 Å². The first-order valence-corrected chi connectivity index (χ1v) is 11.2. The van der Waals surface area contributed by atoms with E-state index in [1.54, 1.807) is 0 Å². The average molecular weight is 422 g/mol. The van der Waals surface area contributed by atoms with E-state index in [0.29, 0.717) is 39.0 Å². The van der Waals surface area contributed by atoms with Gasteiger partial charge in [-0.15, -0.1) is 0 Å². The van der Waals surface area contributed by atoms with Crippen LogP contribution in [0.3, 0.4) is 0 Å². The number of urea groups is 1. The molecule has 2 aromatic rings. The van der Waals surface area contributed by atoms with Crippen molar-refractivity contribution in [2.75, 3.05) is 24.5 Å². The van der Waals surface area contributed by atoms with E-state index in [9.17, 15) is 9.59 Å². The molecule has 6 nitrogen and oxygen atoms in total. The van der Waals surface area contributed by atoms with Crippen molar-refractivity contribution in [2.45, 2.75) is 45.8 Å². The van der Waals surface area contributed by atoms with Gasteiger partial charge in [0.25, 0.3) is 0 Å². The molecule has 2 heterocycles. The number of nitrogens with one attached hydrogen (secondary N) is 1. The number of rotatable bonds is 4. The number of fused-ring (bicyclic) bond motifs is 1. The Morgan fingerprint density at radius 3 is 2.52 bits per heavy atom. The molecule has 1 saturated heterocycles. The molecular weight excluding hydrogens is 390 g/mol. The molecular formula is C25H31N3O3. The Hall–Kier alpha value is -3.02. The van der Waals surface area contributed by atoms with E-state index in [2.05, 4.69) is 25.2 Å². The lowest BCUT2D eigenvalue weighted by Crippen LogP contribution is -2.52. The monoisotopic (exact) mass is 421 g/mol. The van der Waals surface area contributed by atoms with Crippen LogP contribution in [0.15, 0.2) is 48.5 Å². The predicted molar refractivity (Wildman–Crippen MR) is 121 cm³/mol. The summed E-state index contributed by atoms with van der Waals surface area (Å²) in [6.07, 6.45) is 2.23. The van der Waals surface area contributed by atoms with Gasteiger partial charge in [0.05, 0.1) is 12.2 Å². The Bertz CT molecular complexity index is 937. The lowest BCUT2D eigenvalue weighted by Gasteiger charge is -2.39. The predicted octanol–water partition coefficient (Wildman–Crippen LogP) is 4.12. The molecule has 1 unspecified atom stereocenters. The van der Waals surface area contributed by atoms with Crippen LogP contribution in [0.5, 0.6) is 5.75 Å². The minimum atomic E-state index is -0.0477. The third kappa shape index (κ3) is 4.68. The molecule has 3 amide bonds. The van der Waals surface area contributed by atoms with E-state index in [1.165, 1.54) is 5.56 Å². The number of para-hydroxylation sites is 2. The summed E-state index contributed by atoms with van der Waals surface area (Å²) in [7, 11) is 0. The van der Waals surface area contributed by atoms with Crippen LogP contribution in [0, 0.1) is 12.8 Å². The molecule has 0 aliphatic carbocycles. The highest BCUT2D eigenvalue weighted by Crippen LogP contribution is 2.35. The van der Waals surface area contributed by atoms with Crippen LogP contribution < -0.4 is 15.0 Å². The van der Waals surface area contributed by atoms with Gasteiger partial charge >= 0.3 is 6.03 Å². The fourth-order valence-electron chi connectivity index (χ4n) is 4.33. The van der Waals surface area contributed by atoms with Gasteiger partial charge in [-0.3, -0.25) is 9.69 Å². The fourth-order valence-corrected chi connectivity index (χ4v) is 4.33. The maximum Gasteiger partial charge on any atom is 0.324 e. The van der Waals surface area contributed by atoms with Crippen LogP contribution in [0.1, 0.15) is 37.3 Å². The number of likely N-dealkylation sites (tertiary alicyclic amines) is 1. The molecule has 0 radical (unpaired) electrons. The van der Waals surface area contributed by atoms with Crippen LogP contribution in [0.25, 0.3) is 0 Å². The van der Waals surface area contributed by atoms with Crippen molar-refractivity contribution >= 4 is 17.6 Å². The number of piperidine rings is 1. The van der Waals surface area contributed by atoms with Gasteiger partial charge in [-0.25, -0.2) is 4.79 Å². The first-order valence-electron chi connectivity index (χ1n) is 11.2. The number of anilines is 1. The minimum Gasteiger partial charge on any atom is -0.486 e. The van der Waals surface area contributed by atoms with E-state index in [0.717, 1.165) is 23.4 Å². The highest BCUT2D eigenvalue weighted by atomic mass is 16.5. The number of hydrogen-bond donors (Lipinski definition) is 1. The zero-order valence-corrected chi connectivity index (χ0v) is 18.3. The molecule has 0 aromatic heterocycles. The van der Waals surface area contributed by atoms with Gasteiger partial charge in [-0.1, -0.05) is 43.3 Å². The van der Waals surface area contributed by atoms with Gasteiger partial charge in [-0.2, -0.15) is 0 Å². The van der Waals surface area contributed by atoms with Gasteiger partial charge in [0.15, 0.2) is 0 Å². The SMILES string of the molecule is CCC1CN(C(=O)N2CCC(C(=O)NCc3ccccc3C)CC2)c2ccccc2O1. The Kier molecular flexibility index (Phi) is 6.44. The number of carbonyl (C=O) groups is 2. The van der Waals surface area contributed by atoms with Crippen LogP contribution in [0.4, 0.5) is 10.5 Å². The molecule has 0 bridgehead atoms. The maximum absolute atomic E-state index is 13.3. The molecule has 2 aromatic carbocycles. The molecule has 2 aliphatic rings. The van der Waals surface area contributed by atoms with Gasteiger partial charge in [0, 0.05) is 25.6 Å². The third-order valence-corrected chi connectivity index (χ3v) is 6.37. The van der Waals surface area contributed by atoms with E-state index in [1.807, 2.05) is 52.3 Å². The summed E-state index contributed by atoms with van der Waals surface area (Å²) in [6, 6.07) is 15.8. The molecule has 164 valence electrons. The maximum atomic E-state index is 13.3. The number of nitrogens with zero attached hydrogens (tertiary/aromatic N) is 2. The van der Waals surface area contributed by atoms with Crippen LogP contribution in [-0.2, 0) is 11.3 Å². The molecule has 1 fully saturated rings. The molecule has 0 saturated carbocycles. The van der Waals surface area contributed by atoms with Gasteiger partial charge in [0.1, 0.15) is 11.9 Å². The van der Waals surface area contributed by atoms with Gasteiger partial charge < -0.3 is 15.0 Å². The molecule has 2 aliphatic heterocycles. The summed E-state index contributed by atoms with van der Waals surface area (Å²) in [4.78, 5) is 29.7. The number of aryl methyl sites for hydroxylation is 1. The quantitative estimate of drug-likeness (QED) is 0.808. The zero-order chi connectivity index (χ0) is 21.8. The largest absolute Gasteiger partial charge is 0.486 e. The zero-order valence-electron chi connectivity index (χ0n) is 18.3. The Balaban J connectivity index is 1.34. The van der Waals surface area contributed by atoms with Crippen LogP contribution >= 0.6 is 0 Å². The van der Waals surface area contributed by atoms with Crippen molar-refractivity contribution in [1.29, 1.82) is 0 Å². The van der Waals surface area contributed by atoms with Crippen molar-refractivity contribution in [2.24, 2.45) is 5.92 Å². The normalized spacial score (nSPS) is 18.8. The highest BCUT2D eigenvalue weighted by Gasteiger charge is 2.34. The van der Waals surface area contributed by atoms with Crippen molar-refractivity contribution < 1.29 is 14.3 Å². The summed E-state index contributed by atoms with van der Waals surface area (Å²) in [6.45, 7) is 6.42. The lowest BCUT2D eigenvalue weighted by molar-refractivity contribution is -0.126. The van der Waals surface area contributed by atoms with E-state index in [4.69, 9.17) is 4.74 Å². The number of ether oxygens (including phenoxy) is 1. The van der Waals surface area contributed by atoms with Crippen molar-refractivity contribution in [1.82, 2.24) is 10.2 Å². The molecule has 6 heteroatoms. The van der Waals surface area contributed by atoms with Crippen molar-refractivity contribution in [3.8, 4) is 5.75 Å². The summed E-state index contributed by atoms with van der Waals surface area (Å²) in [5, 5.41) is 3.07. The first-order chi connectivity index (χ1) is 15.1. The number of hydrogen-bond acceptors (Lipinski definition) is 3. The van der Waals surface area contributed by atoms with E-state index in [-0.39, 0.29) is 24.0 Å². The summed E-state index contributed by atoms with van der Waals surface area (Å²) in [5.74, 6) is 0.797. The van der Waals surface area contributed by atoms with Crippen LogP contribution in [-0.4, -0.2) is 42.6 Å².